The Morgan fingerprint density at radius 2 is 0.566 bits per heavy atom. The van der Waals surface area contributed by atoms with E-state index in [9.17, 15) is 0 Å². The molecule has 20 heteroatoms. The summed E-state index contributed by atoms with van der Waals surface area (Å²) < 4.78 is 2.90. The van der Waals surface area contributed by atoms with Crippen LogP contribution in [-0.2, 0) is 135 Å². The quantitative estimate of drug-likeness (QED) is 0.0569. The number of nitrogens with zero attached hydrogens (tertiary/aromatic N) is 5. The molecule has 5 nitrogen and oxygen atoms in total. The van der Waals surface area contributed by atoms with E-state index >= 15 is 0 Å². The van der Waals surface area contributed by atoms with Crippen LogP contribution in [0.5, 0.6) is 0 Å². The summed E-state index contributed by atoms with van der Waals surface area (Å²) in [5, 5.41) is 0. The molecule has 303 valence electrons. The van der Waals surface area contributed by atoms with Crippen molar-refractivity contribution in [2.24, 2.45) is 0 Å². The van der Waals surface area contributed by atoms with Crippen LogP contribution in [0.25, 0.3) is 0 Å². The average Bonchev–Trinajstić information content (AvgIpc) is 3.01. The molecular formula is C33H66BiCd2CuN5PbS10+4. The average molecular weight is 1560 g/mol. The van der Waals surface area contributed by atoms with Crippen LogP contribution in [0.3, 0.4) is 0 Å². The van der Waals surface area contributed by atoms with Crippen LogP contribution in [0.2, 0.25) is 0 Å². The molecule has 0 aliphatic heterocycles. The largest absolute Gasteiger partial charge is 3.00 e. The molecule has 0 aromatic rings. The van der Waals surface area contributed by atoms with E-state index in [-0.39, 0.29) is 125 Å². The number of rotatable bonds is 18. The number of unbranched alkanes of at least 4 members (excludes halogenated alkanes) is 8. The van der Waals surface area contributed by atoms with E-state index in [0.717, 1.165) is 39.3 Å². The molecule has 7 radical (unpaired) electrons. The zero-order valence-corrected chi connectivity index (χ0v) is 58.8. The van der Waals surface area contributed by atoms with Gasteiger partial charge in [0.1, 0.15) is 0 Å². The van der Waals surface area contributed by atoms with Crippen molar-refractivity contribution in [2.45, 2.75) is 119 Å². The topological polar surface area (TPSA) is 16.2 Å². The molecule has 0 aliphatic rings. The van der Waals surface area contributed by atoms with E-state index in [1.807, 2.05) is 46.9 Å². The maximum atomic E-state index is 5.06. The number of hydrogen-bond donors (Lipinski definition) is 0. The monoisotopic (exact) mass is 1560 g/mol. The van der Waals surface area contributed by atoms with E-state index < -0.39 is 0 Å². The van der Waals surface area contributed by atoms with E-state index in [1.54, 1.807) is 9.80 Å². The second-order valence-electron chi connectivity index (χ2n) is 11.1. The Hall–Kier alpha value is 4.72. The van der Waals surface area contributed by atoms with Crippen LogP contribution in [0.4, 0.5) is 0 Å². The Morgan fingerprint density at radius 3 is 0.642 bits per heavy atom. The van der Waals surface area contributed by atoms with Crippen molar-refractivity contribution in [3.05, 3.63) is 0 Å². The summed E-state index contributed by atoms with van der Waals surface area (Å²) in [5.41, 5.74) is 0. The zero-order valence-electron chi connectivity index (χ0n) is 34.2. The zero-order chi connectivity index (χ0) is 38.5. The summed E-state index contributed by atoms with van der Waals surface area (Å²) in [6.45, 7) is 19.0. The van der Waals surface area contributed by atoms with Crippen LogP contribution in [0.15, 0.2) is 0 Å². The predicted molar refractivity (Wildman–Crippen MR) is 263 cm³/mol. The van der Waals surface area contributed by atoms with Crippen LogP contribution in [0, 0.1) is 0 Å². The molecular weight excluding hydrogens is 1490 g/mol. The van der Waals surface area contributed by atoms with Gasteiger partial charge in [-0.3, -0.25) is 0 Å². The minimum absolute atomic E-state index is 0. The first-order valence-corrected chi connectivity index (χ1v) is 21.2. The molecule has 0 heterocycles. The predicted octanol–water partition coefficient (Wildman–Crippen LogP) is 8.15. The van der Waals surface area contributed by atoms with Gasteiger partial charge in [-0.05, 0) is 39.5 Å². The van der Waals surface area contributed by atoms with Crippen LogP contribution in [0.1, 0.15) is 119 Å². The smallest absolute Gasteiger partial charge is 0.411 e. The molecule has 0 amide bonds. The Kier molecular flexibility index (Phi) is 97.5. The van der Waals surface area contributed by atoms with Crippen molar-refractivity contribution in [3.8, 4) is 0 Å². The van der Waals surface area contributed by atoms with Gasteiger partial charge in [0.05, 0.1) is 0 Å². The maximum absolute atomic E-state index is 5.06. The number of hydrogen-bond acceptors (Lipinski definition) is 10. The van der Waals surface area contributed by atoms with Gasteiger partial charge in [-0.2, -0.15) is 0 Å². The minimum Gasteiger partial charge on any atom is -0.411 e. The molecule has 0 aromatic heterocycles. The molecule has 0 bridgehead atoms. The Balaban J connectivity index is -0.0000000556. The van der Waals surface area contributed by atoms with Gasteiger partial charge in [0, 0.05) is 94.8 Å². The van der Waals surface area contributed by atoms with Crippen molar-refractivity contribution in [1.82, 2.24) is 24.5 Å². The molecule has 0 aliphatic carbocycles. The van der Waals surface area contributed by atoms with E-state index in [1.165, 1.54) is 77.0 Å². The van der Waals surface area contributed by atoms with Crippen molar-refractivity contribution < 1.29 is 71.7 Å². The Morgan fingerprint density at radius 1 is 0.396 bits per heavy atom. The summed E-state index contributed by atoms with van der Waals surface area (Å²) in [6.07, 6.45) is 15.0. The van der Waals surface area contributed by atoms with Crippen LogP contribution in [-0.4, -0.2) is 167 Å². The van der Waals surface area contributed by atoms with Crippen molar-refractivity contribution in [3.63, 3.8) is 0 Å². The molecule has 0 saturated carbocycles. The van der Waals surface area contributed by atoms with Gasteiger partial charge in [0.25, 0.3) is 0 Å². The summed E-state index contributed by atoms with van der Waals surface area (Å²) in [6, 6.07) is 0. The number of thiocarbonyl (C=S) groups is 5. The Labute approximate surface area is 474 Å². The van der Waals surface area contributed by atoms with Crippen molar-refractivity contribution in [1.29, 1.82) is 0 Å². The van der Waals surface area contributed by atoms with Crippen molar-refractivity contribution in [2.75, 3.05) is 67.5 Å². The molecule has 0 unspecified atom stereocenters. The van der Waals surface area contributed by atoms with Crippen molar-refractivity contribution >= 4 is 199 Å². The molecule has 0 saturated heterocycles. The summed E-state index contributed by atoms with van der Waals surface area (Å²) >= 11 is 48.0. The van der Waals surface area contributed by atoms with E-state index in [4.69, 9.17) is 74.5 Å². The second kappa shape index (κ2) is 63.4. The third-order valence-electron chi connectivity index (χ3n) is 6.39. The van der Waals surface area contributed by atoms with E-state index in [0.29, 0.717) is 21.6 Å². The molecule has 0 N–H and O–H groups in total. The summed E-state index contributed by atoms with van der Waals surface area (Å²) in [7, 11) is 7.31. The standard InChI is InChI=1S/2C11H23NS2.C5H11NS2.2C3H7NS2.Bi.2Cd.Cu.Pb/c2*1-3-5-7-9-12(11(13)14)10-8-6-4-2;1-3-6(4-2)5(7)8;2*1-4(2)3(5)6;;;;;/h2*3-10H2,1-2H3,(H,13,14);3-4H2,1-2H3,(H,7,8);2*1-2H3,(H,5,6);;;;;/q;;;;;+3;3*+2;/p-5. The summed E-state index contributed by atoms with van der Waals surface area (Å²) in [4.78, 5) is 9.74. The normalized spacial score (nSPS) is 8.42. The third-order valence-corrected chi connectivity index (χ3v) is 9.40. The fourth-order valence-electron chi connectivity index (χ4n) is 3.28. The molecule has 0 fully saturated rings. The first kappa shape index (κ1) is 81.5. The van der Waals surface area contributed by atoms with Crippen LogP contribution < -0.4 is 0 Å². The SMILES string of the molecule is CCCCCN(CCCCC)C(=S)[S-].CCCCCN(CCCCC)C(=S)[S-].CCN(CC)C(=S)[S-].CN(C)C(=S)[S-].CN(C)C(=S)[S-].[Bi+3].[Cd+2].[Cd+2].[Cu+2].[Pb]. The molecule has 0 aromatic carbocycles. The third kappa shape index (κ3) is 71.5. The molecule has 0 rings (SSSR count). The van der Waals surface area contributed by atoms with Gasteiger partial charge < -0.3 is 149 Å². The fourth-order valence-corrected chi connectivity index (χ4v) is 4.53. The van der Waals surface area contributed by atoms with E-state index in [2.05, 4.69) is 87.2 Å². The van der Waals surface area contributed by atoms with Gasteiger partial charge in [-0.1, -0.05) is 101 Å². The molecule has 53 heavy (non-hydrogen) atoms. The van der Waals surface area contributed by atoms with Crippen LogP contribution >= 0.6 is 61.1 Å². The van der Waals surface area contributed by atoms with Gasteiger partial charge in [-0.15, -0.1) is 0 Å². The minimum atomic E-state index is 0. The second-order valence-corrected chi connectivity index (χ2v) is 16.3. The van der Waals surface area contributed by atoms with Gasteiger partial charge in [-0.25, -0.2) is 0 Å². The first-order valence-electron chi connectivity index (χ1n) is 17.1. The Bertz CT molecular complexity index is 743. The fraction of sp³-hybridized carbons (Fsp3) is 0.848. The van der Waals surface area contributed by atoms with Gasteiger partial charge in [0.15, 0.2) is 0 Å². The molecule has 0 spiro atoms. The maximum Gasteiger partial charge on any atom is 3.00 e. The van der Waals surface area contributed by atoms with Gasteiger partial charge >= 0.3 is 97.9 Å². The summed E-state index contributed by atoms with van der Waals surface area (Å²) in [5.74, 6) is 0. The molecule has 0 atom stereocenters. The van der Waals surface area contributed by atoms with Gasteiger partial charge in [0.2, 0.25) is 0 Å². The first-order chi connectivity index (χ1) is 22.4.